The predicted molar refractivity (Wildman–Crippen MR) is 78.1 cm³/mol. The zero-order valence-corrected chi connectivity index (χ0v) is 12.1. The maximum atomic E-state index is 11.1. The third kappa shape index (κ3) is 3.44. The molecule has 21 heavy (non-hydrogen) atoms. The van der Waals surface area contributed by atoms with Gasteiger partial charge in [-0.3, -0.25) is 10.1 Å². The lowest BCUT2D eigenvalue weighted by Crippen LogP contribution is -2.07. The van der Waals surface area contributed by atoms with Gasteiger partial charge in [-0.15, -0.1) is 0 Å². The van der Waals surface area contributed by atoms with Gasteiger partial charge in [0.05, 0.1) is 4.92 Å². The molecule has 0 bridgehead atoms. The molecule has 7 heteroatoms. The number of nitro benzene ring substituents is 1. The van der Waals surface area contributed by atoms with Crippen LogP contribution < -0.4 is 10.5 Å². The van der Waals surface area contributed by atoms with Crippen molar-refractivity contribution in [1.29, 1.82) is 0 Å². The van der Waals surface area contributed by atoms with E-state index in [-0.39, 0.29) is 18.0 Å². The summed E-state index contributed by atoms with van der Waals surface area (Å²) >= 11 is 0. The standard InChI is InChI=1S/C14H16N4O3/c1-8-4-9(2)14(11(5-8)18(19)20)21-7-13-16-10(3)6-12(15)17-13/h4-6H,7H2,1-3H3,(H2,15,16,17). The second-order valence-electron chi connectivity index (χ2n) is 4.83. The van der Waals surface area contributed by atoms with Crippen molar-refractivity contribution in [2.75, 3.05) is 5.73 Å². The Hall–Kier alpha value is -2.70. The predicted octanol–water partition coefficient (Wildman–Crippen LogP) is 2.47. The lowest BCUT2D eigenvalue weighted by atomic mass is 10.1. The fourth-order valence-electron chi connectivity index (χ4n) is 2.11. The number of nitrogens with two attached hydrogens (primary N) is 1. The lowest BCUT2D eigenvalue weighted by Gasteiger charge is -2.10. The highest BCUT2D eigenvalue weighted by molar-refractivity contribution is 5.53. The monoisotopic (exact) mass is 288 g/mol. The number of ether oxygens (including phenoxy) is 1. The molecule has 2 aromatic rings. The minimum atomic E-state index is -0.458. The van der Waals surface area contributed by atoms with Crippen LogP contribution in [0.1, 0.15) is 22.6 Å². The van der Waals surface area contributed by atoms with Gasteiger partial charge >= 0.3 is 5.69 Å². The van der Waals surface area contributed by atoms with Crippen LogP contribution in [0.2, 0.25) is 0 Å². The highest BCUT2D eigenvalue weighted by atomic mass is 16.6. The molecule has 0 aliphatic carbocycles. The summed E-state index contributed by atoms with van der Waals surface area (Å²) < 4.78 is 5.56. The van der Waals surface area contributed by atoms with E-state index in [2.05, 4.69) is 9.97 Å². The number of benzene rings is 1. The Balaban J connectivity index is 2.29. The van der Waals surface area contributed by atoms with Crippen molar-refractivity contribution in [3.63, 3.8) is 0 Å². The molecule has 0 saturated heterocycles. The summed E-state index contributed by atoms with van der Waals surface area (Å²) in [6, 6.07) is 4.95. The molecule has 0 aliphatic rings. The van der Waals surface area contributed by atoms with Crippen LogP contribution in [0.4, 0.5) is 11.5 Å². The summed E-state index contributed by atoms with van der Waals surface area (Å²) in [4.78, 5) is 18.9. The second kappa shape index (κ2) is 5.74. The van der Waals surface area contributed by atoms with E-state index in [0.29, 0.717) is 17.2 Å². The molecule has 7 nitrogen and oxygen atoms in total. The van der Waals surface area contributed by atoms with Crippen molar-refractivity contribution in [2.45, 2.75) is 27.4 Å². The molecule has 0 spiro atoms. The molecule has 0 radical (unpaired) electrons. The number of rotatable bonds is 4. The van der Waals surface area contributed by atoms with Crippen molar-refractivity contribution in [3.8, 4) is 5.75 Å². The Morgan fingerprint density at radius 1 is 1.24 bits per heavy atom. The van der Waals surface area contributed by atoms with Crippen molar-refractivity contribution in [1.82, 2.24) is 9.97 Å². The third-order valence-electron chi connectivity index (χ3n) is 2.86. The summed E-state index contributed by atoms with van der Waals surface area (Å²) in [6.07, 6.45) is 0. The summed E-state index contributed by atoms with van der Waals surface area (Å²) in [6.45, 7) is 5.38. The molecule has 0 fully saturated rings. The zero-order chi connectivity index (χ0) is 15.6. The van der Waals surface area contributed by atoms with Crippen LogP contribution >= 0.6 is 0 Å². The van der Waals surface area contributed by atoms with Crippen LogP contribution in [0, 0.1) is 30.9 Å². The van der Waals surface area contributed by atoms with Gasteiger partial charge in [0.25, 0.3) is 0 Å². The third-order valence-corrected chi connectivity index (χ3v) is 2.86. The van der Waals surface area contributed by atoms with Gasteiger partial charge in [-0.05, 0) is 31.9 Å². The maximum Gasteiger partial charge on any atom is 0.311 e. The topological polar surface area (TPSA) is 104 Å². The molecular formula is C14H16N4O3. The van der Waals surface area contributed by atoms with Crippen LogP contribution in [-0.4, -0.2) is 14.9 Å². The number of hydrogen-bond acceptors (Lipinski definition) is 6. The highest BCUT2D eigenvalue weighted by Crippen LogP contribution is 2.32. The minimum absolute atomic E-state index is 0.0244. The van der Waals surface area contributed by atoms with Gasteiger partial charge in [0.2, 0.25) is 5.75 Å². The molecular weight excluding hydrogens is 272 g/mol. The SMILES string of the molecule is Cc1cc(C)c(OCc2nc(C)cc(N)n2)c([N+](=O)[O-])c1. The average molecular weight is 288 g/mol. The van der Waals surface area contributed by atoms with Gasteiger partial charge in [-0.25, -0.2) is 9.97 Å². The molecule has 0 atom stereocenters. The van der Waals surface area contributed by atoms with Crippen molar-refractivity contribution in [2.24, 2.45) is 0 Å². The van der Waals surface area contributed by atoms with E-state index >= 15 is 0 Å². The van der Waals surface area contributed by atoms with Gasteiger partial charge < -0.3 is 10.5 Å². The quantitative estimate of drug-likeness (QED) is 0.684. The molecule has 2 rings (SSSR count). The Bertz CT molecular complexity index is 681. The van der Waals surface area contributed by atoms with E-state index in [4.69, 9.17) is 10.5 Å². The zero-order valence-electron chi connectivity index (χ0n) is 12.1. The molecule has 0 saturated carbocycles. The van der Waals surface area contributed by atoms with E-state index in [0.717, 1.165) is 11.3 Å². The summed E-state index contributed by atoms with van der Waals surface area (Å²) in [5.74, 6) is 0.965. The van der Waals surface area contributed by atoms with Crippen LogP contribution in [0.3, 0.4) is 0 Å². The molecule has 0 unspecified atom stereocenters. The van der Waals surface area contributed by atoms with Crippen LogP contribution in [0.5, 0.6) is 5.75 Å². The fourth-order valence-corrected chi connectivity index (χ4v) is 2.11. The van der Waals surface area contributed by atoms with E-state index in [9.17, 15) is 10.1 Å². The van der Waals surface area contributed by atoms with Crippen LogP contribution in [0.15, 0.2) is 18.2 Å². The largest absolute Gasteiger partial charge is 0.478 e. The number of anilines is 1. The van der Waals surface area contributed by atoms with E-state index in [1.807, 2.05) is 6.07 Å². The van der Waals surface area contributed by atoms with E-state index in [1.165, 1.54) is 6.07 Å². The van der Waals surface area contributed by atoms with Crippen LogP contribution in [0.25, 0.3) is 0 Å². The first-order valence-electron chi connectivity index (χ1n) is 6.35. The number of nitrogen functional groups attached to an aromatic ring is 1. The molecule has 1 heterocycles. The number of nitrogens with zero attached hydrogens (tertiary/aromatic N) is 3. The summed E-state index contributed by atoms with van der Waals surface area (Å²) in [5, 5.41) is 11.1. The van der Waals surface area contributed by atoms with E-state index in [1.54, 1.807) is 26.8 Å². The fraction of sp³-hybridized carbons (Fsp3) is 0.286. The lowest BCUT2D eigenvalue weighted by molar-refractivity contribution is -0.386. The number of nitro groups is 1. The van der Waals surface area contributed by atoms with Gasteiger partial charge in [0, 0.05) is 17.8 Å². The average Bonchev–Trinajstić information content (AvgIpc) is 2.35. The Morgan fingerprint density at radius 2 is 1.95 bits per heavy atom. The Morgan fingerprint density at radius 3 is 2.57 bits per heavy atom. The van der Waals surface area contributed by atoms with Crippen LogP contribution in [-0.2, 0) is 6.61 Å². The summed E-state index contributed by atoms with van der Waals surface area (Å²) in [5.41, 5.74) is 7.80. The second-order valence-corrected chi connectivity index (χ2v) is 4.83. The van der Waals surface area contributed by atoms with E-state index < -0.39 is 4.92 Å². The molecule has 1 aromatic carbocycles. The first kappa shape index (κ1) is 14.7. The molecule has 2 N–H and O–H groups in total. The molecule has 110 valence electrons. The Kier molecular flexibility index (Phi) is 4.02. The number of aromatic nitrogens is 2. The first-order chi connectivity index (χ1) is 9.86. The molecule has 0 amide bonds. The van der Waals surface area contributed by atoms with Crippen molar-refractivity contribution in [3.05, 3.63) is 51.0 Å². The smallest absolute Gasteiger partial charge is 0.311 e. The molecule has 1 aromatic heterocycles. The maximum absolute atomic E-state index is 11.1. The Labute approximate surface area is 121 Å². The minimum Gasteiger partial charge on any atom is -0.478 e. The number of hydrogen-bond donors (Lipinski definition) is 1. The van der Waals surface area contributed by atoms with Crippen molar-refractivity contribution >= 4 is 11.5 Å². The van der Waals surface area contributed by atoms with Gasteiger partial charge in [0.1, 0.15) is 12.4 Å². The van der Waals surface area contributed by atoms with Crippen molar-refractivity contribution < 1.29 is 9.66 Å². The van der Waals surface area contributed by atoms with Gasteiger partial charge in [0.15, 0.2) is 5.82 Å². The van der Waals surface area contributed by atoms with Gasteiger partial charge in [-0.1, -0.05) is 6.07 Å². The summed E-state index contributed by atoms with van der Waals surface area (Å²) in [7, 11) is 0. The normalized spacial score (nSPS) is 10.4. The first-order valence-corrected chi connectivity index (χ1v) is 6.35. The number of aryl methyl sites for hydroxylation is 3. The molecule has 0 aliphatic heterocycles. The highest BCUT2D eigenvalue weighted by Gasteiger charge is 2.19. The van der Waals surface area contributed by atoms with Gasteiger partial charge in [-0.2, -0.15) is 0 Å².